The summed E-state index contributed by atoms with van der Waals surface area (Å²) in [7, 11) is 0. The van der Waals surface area contributed by atoms with Crippen molar-refractivity contribution in [2.24, 2.45) is 0 Å². The topological polar surface area (TPSA) is 68.3 Å². The van der Waals surface area contributed by atoms with E-state index in [-0.39, 0.29) is 5.91 Å². The molecule has 35 heavy (non-hydrogen) atoms. The van der Waals surface area contributed by atoms with Gasteiger partial charge in [-0.2, -0.15) is 0 Å². The largest absolute Gasteiger partial charge is 0.457 e. The van der Waals surface area contributed by atoms with Gasteiger partial charge in [0.15, 0.2) is 5.58 Å². The first kappa shape index (κ1) is 23.0. The maximum absolute atomic E-state index is 12.5. The highest BCUT2D eigenvalue weighted by Gasteiger charge is 2.11. The summed E-state index contributed by atoms with van der Waals surface area (Å²) in [5.41, 5.74) is 5.49. The van der Waals surface area contributed by atoms with Gasteiger partial charge in [0.25, 0.3) is 0 Å². The third-order valence-corrected chi connectivity index (χ3v) is 6.37. The number of rotatable bonds is 5. The van der Waals surface area contributed by atoms with Crippen LogP contribution in [0.15, 0.2) is 81.6 Å². The summed E-state index contributed by atoms with van der Waals surface area (Å²) in [5, 5.41) is 4.16. The molecule has 1 N–H and O–H groups in total. The molecule has 0 spiro atoms. The van der Waals surface area contributed by atoms with Crippen molar-refractivity contribution in [1.82, 2.24) is 4.98 Å². The van der Waals surface area contributed by atoms with Gasteiger partial charge in [-0.1, -0.05) is 41.4 Å². The summed E-state index contributed by atoms with van der Waals surface area (Å²) in [6.45, 7) is 3.88. The second-order valence-corrected chi connectivity index (χ2v) is 8.97. The van der Waals surface area contributed by atoms with Crippen molar-refractivity contribution < 1.29 is 13.6 Å². The number of carbonyl (C=O) groups excluding carboxylic acids is 1. The van der Waals surface area contributed by atoms with Crippen LogP contribution in [0.25, 0.3) is 40.0 Å². The molecule has 5 rings (SSSR count). The zero-order chi connectivity index (χ0) is 24.5. The summed E-state index contributed by atoms with van der Waals surface area (Å²) in [6, 6.07) is 20.3. The average molecular weight is 503 g/mol. The first-order chi connectivity index (χ1) is 16.9. The molecule has 3 aromatic carbocycles. The Bertz CT molecular complexity index is 1600. The molecule has 0 aliphatic heterocycles. The number of halogens is 2. The Morgan fingerprint density at radius 3 is 2.31 bits per heavy atom. The molecule has 0 unspecified atom stereocenters. The summed E-state index contributed by atoms with van der Waals surface area (Å²) in [4.78, 5) is 17.0. The van der Waals surface area contributed by atoms with Gasteiger partial charge in [0.2, 0.25) is 11.8 Å². The van der Waals surface area contributed by atoms with Gasteiger partial charge in [-0.05, 0) is 79.6 Å². The minimum Gasteiger partial charge on any atom is -0.457 e. The number of hydrogen-bond acceptors (Lipinski definition) is 4. The second-order valence-electron chi connectivity index (χ2n) is 8.15. The molecule has 5 nitrogen and oxygen atoms in total. The molecule has 7 heteroatoms. The lowest BCUT2D eigenvalue weighted by Gasteiger charge is -2.01. The fourth-order valence-electron chi connectivity index (χ4n) is 3.54. The van der Waals surface area contributed by atoms with Gasteiger partial charge in [0.1, 0.15) is 17.0 Å². The summed E-state index contributed by atoms with van der Waals surface area (Å²) in [5.74, 6) is 1.40. The highest BCUT2D eigenvalue weighted by Crippen LogP contribution is 2.30. The summed E-state index contributed by atoms with van der Waals surface area (Å²) >= 11 is 12.4. The second kappa shape index (κ2) is 9.45. The monoisotopic (exact) mass is 502 g/mol. The molecule has 5 aromatic rings. The smallest absolute Gasteiger partial charge is 0.248 e. The fourth-order valence-corrected chi connectivity index (χ4v) is 3.90. The van der Waals surface area contributed by atoms with Crippen LogP contribution in [0, 0.1) is 13.8 Å². The first-order valence-electron chi connectivity index (χ1n) is 10.9. The van der Waals surface area contributed by atoms with E-state index in [0.717, 1.165) is 22.3 Å². The number of aryl methyl sites for hydroxylation is 2. The maximum atomic E-state index is 12.5. The van der Waals surface area contributed by atoms with Gasteiger partial charge in [-0.3, -0.25) is 4.79 Å². The SMILES string of the molecule is Cc1ccc(-c2ccc(/C=C/C(=O)Nc3ccc4oc(-c5ccc(C)c(Cl)c5)nc4c3)o2)cc1Cl. The molecule has 0 saturated heterocycles. The van der Waals surface area contributed by atoms with E-state index in [1.54, 1.807) is 30.3 Å². The Morgan fingerprint density at radius 1 is 0.857 bits per heavy atom. The summed E-state index contributed by atoms with van der Waals surface area (Å²) < 4.78 is 11.7. The van der Waals surface area contributed by atoms with Gasteiger partial charge < -0.3 is 14.2 Å². The van der Waals surface area contributed by atoms with Crippen molar-refractivity contribution in [3.63, 3.8) is 0 Å². The van der Waals surface area contributed by atoms with Crippen LogP contribution in [0.1, 0.15) is 16.9 Å². The Kier molecular flexibility index (Phi) is 6.20. The standard InChI is InChI=1S/C28H20Cl2N2O3/c1-16-3-5-18(13-22(16)29)25-11-8-21(34-25)9-12-27(33)31-20-7-10-26-24(15-20)32-28(35-26)19-6-4-17(2)23(30)14-19/h3-15H,1-2H3,(H,31,33)/b12-9+. The van der Waals surface area contributed by atoms with Gasteiger partial charge in [0.05, 0.1) is 0 Å². The number of anilines is 1. The van der Waals surface area contributed by atoms with Crippen LogP contribution in [0.2, 0.25) is 10.0 Å². The number of nitrogens with one attached hydrogen (secondary N) is 1. The van der Waals surface area contributed by atoms with Gasteiger partial charge in [-0.25, -0.2) is 4.98 Å². The zero-order valence-corrected chi connectivity index (χ0v) is 20.4. The van der Waals surface area contributed by atoms with E-state index in [2.05, 4.69) is 10.3 Å². The molecule has 2 heterocycles. The Morgan fingerprint density at radius 2 is 1.57 bits per heavy atom. The van der Waals surface area contributed by atoms with E-state index in [0.29, 0.717) is 44.2 Å². The van der Waals surface area contributed by atoms with Crippen LogP contribution in [0.5, 0.6) is 0 Å². The van der Waals surface area contributed by atoms with E-state index in [1.807, 2.05) is 56.3 Å². The molecule has 1 amide bonds. The highest BCUT2D eigenvalue weighted by molar-refractivity contribution is 6.32. The molecular weight excluding hydrogens is 483 g/mol. The lowest BCUT2D eigenvalue weighted by molar-refractivity contribution is -0.111. The molecule has 0 fully saturated rings. The van der Waals surface area contributed by atoms with Crippen molar-refractivity contribution in [3.8, 4) is 22.8 Å². The van der Waals surface area contributed by atoms with Crippen LogP contribution >= 0.6 is 23.2 Å². The molecule has 0 aliphatic rings. The Hall–Kier alpha value is -3.80. The molecule has 0 radical (unpaired) electrons. The number of hydrogen-bond donors (Lipinski definition) is 1. The van der Waals surface area contributed by atoms with Crippen LogP contribution in [0.4, 0.5) is 5.69 Å². The van der Waals surface area contributed by atoms with E-state index < -0.39 is 0 Å². The quantitative estimate of drug-likeness (QED) is 0.245. The third kappa shape index (κ3) is 5.02. The van der Waals surface area contributed by atoms with Crippen molar-refractivity contribution in [2.45, 2.75) is 13.8 Å². The van der Waals surface area contributed by atoms with E-state index in [4.69, 9.17) is 32.0 Å². The Labute approximate surface area is 212 Å². The van der Waals surface area contributed by atoms with Gasteiger partial charge >= 0.3 is 0 Å². The number of amides is 1. The predicted molar refractivity (Wildman–Crippen MR) is 141 cm³/mol. The number of carbonyl (C=O) groups is 1. The highest BCUT2D eigenvalue weighted by atomic mass is 35.5. The lowest BCUT2D eigenvalue weighted by Crippen LogP contribution is -2.07. The normalized spacial score (nSPS) is 11.4. The van der Waals surface area contributed by atoms with Gasteiger partial charge in [-0.15, -0.1) is 0 Å². The number of aromatic nitrogens is 1. The van der Waals surface area contributed by atoms with Crippen LogP contribution < -0.4 is 5.32 Å². The van der Waals surface area contributed by atoms with E-state index >= 15 is 0 Å². The fraction of sp³-hybridized carbons (Fsp3) is 0.0714. The third-order valence-electron chi connectivity index (χ3n) is 5.56. The van der Waals surface area contributed by atoms with E-state index in [9.17, 15) is 4.79 Å². The number of fused-ring (bicyclic) bond motifs is 1. The maximum Gasteiger partial charge on any atom is 0.248 e. The molecule has 0 saturated carbocycles. The zero-order valence-electron chi connectivity index (χ0n) is 18.9. The molecule has 0 bridgehead atoms. The molecule has 0 atom stereocenters. The predicted octanol–water partition coefficient (Wildman–Crippen LogP) is 8.33. The van der Waals surface area contributed by atoms with Crippen LogP contribution in [-0.2, 0) is 4.79 Å². The van der Waals surface area contributed by atoms with Crippen LogP contribution in [0.3, 0.4) is 0 Å². The number of benzene rings is 3. The molecule has 174 valence electrons. The lowest BCUT2D eigenvalue weighted by atomic mass is 10.1. The van der Waals surface area contributed by atoms with Crippen molar-refractivity contribution >= 4 is 52.0 Å². The number of oxazole rings is 1. The average Bonchev–Trinajstić information content (AvgIpc) is 3.48. The minimum atomic E-state index is -0.297. The molecule has 0 aliphatic carbocycles. The molecule has 2 aromatic heterocycles. The summed E-state index contributed by atoms with van der Waals surface area (Å²) in [6.07, 6.45) is 3.03. The van der Waals surface area contributed by atoms with Gasteiger partial charge in [0, 0.05) is 32.9 Å². The molecular formula is C28H20Cl2N2O3. The van der Waals surface area contributed by atoms with Crippen LogP contribution in [-0.4, -0.2) is 10.9 Å². The Balaban J connectivity index is 1.28. The van der Waals surface area contributed by atoms with Crippen molar-refractivity contribution in [1.29, 1.82) is 0 Å². The minimum absolute atomic E-state index is 0.297. The first-order valence-corrected chi connectivity index (χ1v) is 11.6. The van der Waals surface area contributed by atoms with Crippen molar-refractivity contribution in [3.05, 3.63) is 99.7 Å². The number of nitrogens with zero attached hydrogens (tertiary/aromatic N) is 1. The number of furan rings is 1. The van der Waals surface area contributed by atoms with E-state index in [1.165, 1.54) is 6.08 Å². The van der Waals surface area contributed by atoms with Crippen molar-refractivity contribution in [2.75, 3.05) is 5.32 Å².